The van der Waals surface area contributed by atoms with Crippen molar-refractivity contribution in [2.75, 3.05) is 0 Å². The van der Waals surface area contributed by atoms with Crippen molar-refractivity contribution >= 4 is 5.91 Å². The number of amides is 1. The monoisotopic (exact) mass is 207 g/mol. The van der Waals surface area contributed by atoms with Crippen LogP contribution >= 0.6 is 0 Å². The zero-order valence-electron chi connectivity index (χ0n) is 8.66. The van der Waals surface area contributed by atoms with Crippen molar-refractivity contribution in [3.63, 3.8) is 0 Å². The topological polar surface area (TPSA) is 29.1 Å². The number of nitrogens with one attached hydrogen (secondary N) is 1. The Morgan fingerprint density at radius 3 is 2.53 bits per heavy atom. The van der Waals surface area contributed by atoms with E-state index in [-0.39, 0.29) is 17.8 Å². The largest absolute Gasteiger partial charge is 0.349 e. The first kappa shape index (κ1) is 10.1. The summed E-state index contributed by atoms with van der Waals surface area (Å²) in [4.78, 5) is 11.7. The van der Waals surface area contributed by atoms with E-state index >= 15 is 0 Å². The molecule has 0 aromatic heterocycles. The highest BCUT2D eigenvalue weighted by atomic mass is 19.1. The minimum Gasteiger partial charge on any atom is -0.349 e. The van der Waals surface area contributed by atoms with Gasteiger partial charge in [0.2, 0.25) is 0 Å². The fourth-order valence-corrected chi connectivity index (χ4v) is 1.61. The molecule has 1 aliphatic rings. The van der Waals surface area contributed by atoms with Crippen LogP contribution in [0.3, 0.4) is 0 Å². The molecule has 80 valence electrons. The molecule has 1 aliphatic carbocycles. The Balaban J connectivity index is 1.97. The molecule has 1 N–H and O–H groups in total. The number of hydrogen-bond donors (Lipinski definition) is 1. The van der Waals surface area contributed by atoms with Crippen molar-refractivity contribution in [1.29, 1.82) is 0 Å². The highest BCUT2D eigenvalue weighted by molar-refractivity contribution is 5.94. The maximum absolute atomic E-state index is 12.6. The van der Waals surface area contributed by atoms with Gasteiger partial charge in [0.25, 0.3) is 5.91 Å². The number of rotatable bonds is 3. The van der Waals surface area contributed by atoms with Gasteiger partial charge in [-0.2, -0.15) is 0 Å². The maximum atomic E-state index is 12.6. The van der Waals surface area contributed by atoms with E-state index in [1.807, 2.05) is 6.92 Å². The van der Waals surface area contributed by atoms with Gasteiger partial charge in [-0.25, -0.2) is 4.39 Å². The van der Waals surface area contributed by atoms with E-state index in [0.29, 0.717) is 11.5 Å². The number of carbonyl (C=O) groups excluding carboxylic acids is 1. The lowest BCUT2D eigenvalue weighted by molar-refractivity contribution is 0.0936. The SMILES string of the molecule is C[C@@H](NC(=O)c1ccc(F)cc1)C1CC1. The lowest BCUT2D eigenvalue weighted by Crippen LogP contribution is -2.33. The normalized spacial score (nSPS) is 17.2. The van der Waals surface area contributed by atoms with Crippen molar-refractivity contribution in [2.45, 2.75) is 25.8 Å². The first-order valence-corrected chi connectivity index (χ1v) is 5.23. The van der Waals surface area contributed by atoms with E-state index < -0.39 is 0 Å². The molecule has 0 radical (unpaired) electrons. The number of hydrogen-bond acceptors (Lipinski definition) is 1. The summed E-state index contributed by atoms with van der Waals surface area (Å²) in [5.41, 5.74) is 0.518. The molecule has 1 aromatic rings. The van der Waals surface area contributed by atoms with Gasteiger partial charge >= 0.3 is 0 Å². The number of benzene rings is 1. The molecule has 1 aromatic carbocycles. The molecule has 0 aliphatic heterocycles. The molecule has 3 heteroatoms. The average Bonchev–Trinajstić information content (AvgIpc) is 3.01. The summed E-state index contributed by atoms with van der Waals surface area (Å²) in [5, 5.41) is 2.92. The van der Waals surface area contributed by atoms with E-state index in [2.05, 4.69) is 5.32 Å². The first-order valence-electron chi connectivity index (χ1n) is 5.23. The Kier molecular flexibility index (Phi) is 2.71. The third kappa shape index (κ3) is 2.55. The molecule has 1 saturated carbocycles. The van der Waals surface area contributed by atoms with Crippen LogP contribution in [0.15, 0.2) is 24.3 Å². The van der Waals surface area contributed by atoms with Crippen LogP contribution in [-0.2, 0) is 0 Å². The van der Waals surface area contributed by atoms with Gasteiger partial charge in [-0.05, 0) is 49.9 Å². The molecule has 0 heterocycles. The van der Waals surface area contributed by atoms with Gasteiger partial charge in [-0.15, -0.1) is 0 Å². The van der Waals surface area contributed by atoms with Crippen molar-refractivity contribution in [3.8, 4) is 0 Å². The molecule has 2 rings (SSSR count). The Morgan fingerprint density at radius 1 is 1.40 bits per heavy atom. The summed E-state index contributed by atoms with van der Waals surface area (Å²) in [5.74, 6) is 0.200. The van der Waals surface area contributed by atoms with Crippen LogP contribution < -0.4 is 5.32 Å². The summed E-state index contributed by atoms with van der Waals surface area (Å²) in [6, 6.07) is 5.84. The zero-order valence-corrected chi connectivity index (χ0v) is 8.66. The Hall–Kier alpha value is -1.38. The molecule has 1 fully saturated rings. The summed E-state index contributed by atoms with van der Waals surface area (Å²) < 4.78 is 12.6. The van der Waals surface area contributed by atoms with E-state index in [0.717, 1.165) is 0 Å². The van der Waals surface area contributed by atoms with E-state index in [9.17, 15) is 9.18 Å². The van der Waals surface area contributed by atoms with Crippen LogP contribution in [0.25, 0.3) is 0 Å². The molecule has 0 spiro atoms. The van der Waals surface area contributed by atoms with Crippen molar-refractivity contribution < 1.29 is 9.18 Å². The predicted molar refractivity (Wildman–Crippen MR) is 56.1 cm³/mol. The standard InChI is InChI=1S/C12H14FNO/c1-8(9-2-3-9)14-12(15)10-4-6-11(13)7-5-10/h4-9H,2-3H2,1H3,(H,14,15)/t8-/m1/s1. The molecule has 0 bridgehead atoms. The Morgan fingerprint density at radius 2 is 2.00 bits per heavy atom. The molecular weight excluding hydrogens is 193 g/mol. The summed E-state index contributed by atoms with van der Waals surface area (Å²) in [6.45, 7) is 2.01. The lowest BCUT2D eigenvalue weighted by atomic mass is 10.1. The molecule has 0 unspecified atom stereocenters. The highest BCUT2D eigenvalue weighted by Gasteiger charge is 2.28. The van der Waals surface area contributed by atoms with Crippen LogP contribution in [0.4, 0.5) is 4.39 Å². The van der Waals surface area contributed by atoms with Crippen molar-refractivity contribution in [2.24, 2.45) is 5.92 Å². The minimum absolute atomic E-state index is 0.116. The van der Waals surface area contributed by atoms with E-state index in [1.165, 1.54) is 37.1 Å². The molecular formula is C12H14FNO. The fraction of sp³-hybridized carbons (Fsp3) is 0.417. The van der Waals surface area contributed by atoms with Gasteiger partial charge in [-0.3, -0.25) is 4.79 Å². The van der Waals surface area contributed by atoms with E-state index in [4.69, 9.17) is 0 Å². The summed E-state index contributed by atoms with van der Waals surface area (Å²) >= 11 is 0. The first-order chi connectivity index (χ1) is 7.16. The average molecular weight is 207 g/mol. The quantitative estimate of drug-likeness (QED) is 0.809. The smallest absolute Gasteiger partial charge is 0.251 e. The molecule has 15 heavy (non-hydrogen) atoms. The van der Waals surface area contributed by atoms with Crippen LogP contribution in [0.5, 0.6) is 0 Å². The maximum Gasteiger partial charge on any atom is 0.251 e. The predicted octanol–water partition coefficient (Wildman–Crippen LogP) is 2.35. The lowest BCUT2D eigenvalue weighted by Gasteiger charge is -2.12. The van der Waals surface area contributed by atoms with Gasteiger partial charge in [0.15, 0.2) is 0 Å². The second-order valence-corrected chi connectivity index (χ2v) is 4.11. The Labute approximate surface area is 88.5 Å². The molecule has 0 saturated heterocycles. The van der Waals surface area contributed by atoms with Crippen LogP contribution in [0.1, 0.15) is 30.1 Å². The van der Waals surface area contributed by atoms with Crippen LogP contribution in [0.2, 0.25) is 0 Å². The van der Waals surface area contributed by atoms with Crippen LogP contribution in [-0.4, -0.2) is 11.9 Å². The number of halogens is 1. The second-order valence-electron chi connectivity index (χ2n) is 4.11. The molecule has 1 atom stereocenters. The highest BCUT2D eigenvalue weighted by Crippen LogP contribution is 2.32. The summed E-state index contributed by atoms with van der Waals surface area (Å²) in [6.07, 6.45) is 2.40. The van der Waals surface area contributed by atoms with Gasteiger partial charge in [0.05, 0.1) is 0 Å². The molecule has 2 nitrogen and oxygen atoms in total. The van der Waals surface area contributed by atoms with Gasteiger partial charge in [0.1, 0.15) is 5.82 Å². The van der Waals surface area contributed by atoms with Gasteiger partial charge < -0.3 is 5.32 Å². The Bertz CT molecular complexity index is 356. The second kappa shape index (κ2) is 4.01. The van der Waals surface area contributed by atoms with Gasteiger partial charge in [-0.1, -0.05) is 0 Å². The minimum atomic E-state index is -0.318. The zero-order chi connectivity index (χ0) is 10.8. The van der Waals surface area contributed by atoms with E-state index in [1.54, 1.807) is 0 Å². The summed E-state index contributed by atoms with van der Waals surface area (Å²) in [7, 11) is 0. The van der Waals surface area contributed by atoms with Crippen molar-refractivity contribution in [1.82, 2.24) is 5.32 Å². The van der Waals surface area contributed by atoms with Crippen molar-refractivity contribution in [3.05, 3.63) is 35.6 Å². The third-order valence-corrected chi connectivity index (χ3v) is 2.79. The third-order valence-electron chi connectivity index (χ3n) is 2.79. The molecule has 1 amide bonds. The van der Waals surface area contributed by atoms with Gasteiger partial charge in [0, 0.05) is 11.6 Å². The fourth-order valence-electron chi connectivity index (χ4n) is 1.61. The van der Waals surface area contributed by atoms with Crippen LogP contribution in [0, 0.1) is 11.7 Å². The number of carbonyl (C=O) groups is 1.